The molecule has 131 valence electrons. The fourth-order valence-electron chi connectivity index (χ4n) is 4.37. The Labute approximate surface area is 174 Å². The molecule has 0 aliphatic heterocycles. The number of benzene rings is 3. The molecule has 0 spiro atoms. The van der Waals surface area contributed by atoms with Gasteiger partial charge in [-0.3, -0.25) is 0 Å². The zero-order valence-electron chi connectivity index (χ0n) is 14.7. The highest BCUT2D eigenvalue weighted by atomic mass is 32.1. The van der Waals surface area contributed by atoms with E-state index < -0.39 is 0 Å². The Bertz CT molecular complexity index is 1410. The van der Waals surface area contributed by atoms with Crippen molar-refractivity contribution in [2.75, 3.05) is 0 Å². The smallest absolute Gasteiger partial charge is 0.0947 e. The van der Waals surface area contributed by atoms with Gasteiger partial charge in [0, 0.05) is 50.6 Å². The van der Waals surface area contributed by atoms with Crippen LogP contribution in [0.4, 0.5) is 0 Å². The van der Waals surface area contributed by atoms with Gasteiger partial charge in [0.05, 0.1) is 5.92 Å². The van der Waals surface area contributed by atoms with E-state index in [-0.39, 0.29) is 0 Å². The van der Waals surface area contributed by atoms with Gasteiger partial charge < -0.3 is 0 Å². The summed E-state index contributed by atoms with van der Waals surface area (Å²) >= 11 is 5.81. The molecule has 0 nitrogen and oxygen atoms in total. The summed E-state index contributed by atoms with van der Waals surface area (Å²) in [7, 11) is 0. The predicted molar refractivity (Wildman–Crippen MR) is 125 cm³/mol. The molecule has 7 rings (SSSR count). The summed E-state index contributed by atoms with van der Waals surface area (Å²) in [6.07, 6.45) is 0. The topological polar surface area (TPSA) is 0 Å². The summed E-state index contributed by atoms with van der Waals surface area (Å²) in [6, 6.07) is 28.8. The fraction of sp³-hybridized carbons (Fsp3) is 0. The van der Waals surface area contributed by atoms with Crippen LogP contribution in [0.2, 0.25) is 0 Å². The lowest BCUT2D eigenvalue weighted by atomic mass is 10.0. The zero-order chi connectivity index (χ0) is 18.2. The van der Waals surface area contributed by atoms with Crippen LogP contribution in [-0.2, 0) is 0 Å². The van der Waals surface area contributed by atoms with Gasteiger partial charge in [0.2, 0.25) is 0 Å². The van der Waals surface area contributed by atoms with Gasteiger partial charge in [-0.05, 0) is 29.7 Å². The van der Waals surface area contributed by atoms with E-state index >= 15 is 0 Å². The highest BCUT2D eigenvalue weighted by Gasteiger charge is 2.38. The van der Waals surface area contributed by atoms with Crippen LogP contribution in [0.1, 0.15) is 14.6 Å². The summed E-state index contributed by atoms with van der Waals surface area (Å²) in [4.78, 5) is 4.28. The molecule has 0 saturated heterocycles. The van der Waals surface area contributed by atoms with Crippen molar-refractivity contribution >= 4 is 64.3 Å². The van der Waals surface area contributed by atoms with E-state index in [0.717, 1.165) is 0 Å². The van der Waals surface area contributed by atoms with E-state index in [1.165, 1.54) is 61.9 Å². The van der Waals surface area contributed by atoms with Gasteiger partial charge in [-0.1, -0.05) is 54.6 Å². The molecule has 0 unspecified atom stereocenters. The Morgan fingerprint density at radius 3 is 1.64 bits per heavy atom. The van der Waals surface area contributed by atoms with E-state index in [1.54, 1.807) is 0 Å². The Balaban J connectivity index is 1.62. The van der Waals surface area contributed by atoms with Crippen LogP contribution in [0, 0.1) is 5.92 Å². The van der Waals surface area contributed by atoms with Crippen molar-refractivity contribution in [2.24, 2.45) is 0 Å². The quantitative estimate of drug-likeness (QED) is 0.256. The number of thiophene rings is 3. The molecule has 3 aromatic heterocycles. The fourth-order valence-corrected chi connectivity index (χ4v) is 8.24. The molecule has 0 fully saturated rings. The minimum atomic E-state index is 1.34. The minimum Gasteiger partial charge on any atom is -0.139 e. The molecule has 28 heavy (non-hydrogen) atoms. The van der Waals surface area contributed by atoms with Crippen molar-refractivity contribution in [3.05, 3.63) is 99.4 Å². The normalized spacial score (nSPS) is 13.6. The lowest BCUT2D eigenvalue weighted by Crippen LogP contribution is -1.92. The summed E-state index contributed by atoms with van der Waals surface area (Å²) in [6.45, 7) is 0. The zero-order valence-corrected chi connectivity index (χ0v) is 17.2. The molecule has 3 aromatic carbocycles. The second kappa shape index (κ2) is 5.54. The van der Waals surface area contributed by atoms with Gasteiger partial charge in [0.25, 0.3) is 0 Å². The highest BCUT2D eigenvalue weighted by molar-refractivity contribution is 7.24. The van der Waals surface area contributed by atoms with Crippen LogP contribution < -0.4 is 0 Å². The summed E-state index contributed by atoms with van der Waals surface area (Å²) in [5.41, 5.74) is 2.89. The molecule has 0 amide bonds. The van der Waals surface area contributed by atoms with Crippen LogP contribution in [0.5, 0.6) is 0 Å². The van der Waals surface area contributed by atoms with Crippen molar-refractivity contribution in [3.8, 4) is 11.1 Å². The maximum Gasteiger partial charge on any atom is 0.0947 e. The first kappa shape index (κ1) is 15.5. The summed E-state index contributed by atoms with van der Waals surface area (Å²) in [5.74, 6) is 1.44. The van der Waals surface area contributed by atoms with Crippen LogP contribution in [0.25, 0.3) is 41.4 Å². The number of hydrogen-bond donors (Lipinski definition) is 0. The van der Waals surface area contributed by atoms with Gasteiger partial charge in [0.15, 0.2) is 0 Å². The molecular weight excluding hydrogens is 396 g/mol. The number of fused-ring (bicyclic) bond motifs is 8. The second-order valence-electron chi connectivity index (χ2n) is 7.13. The first-order valence-electron chi connectivity index (χ1n) is 9.28. The third-order valence-corrected chi connectivity index (χ3v) is 9.08. The Kier molecular flexibility index (Phi) is 3.06. The third-order valence-electron chi connectivity index (χ3n) is 5.57. The van der Waals surface area contributed by atoms with E-state index in [4.69, 9.17) is 0 Å². The van der Waals surface area contributed by atoms with Crippen molar-refractivity contribution in [1.29, 1.82) is 0 Å². The molecule has 0 atom stereocenters. The number of hydrogen-bond acceptors (Lipinski definition) is 3. The molecule has 6 aromatic rings. The first-order chi connectivity index (χ1) is 13.9. The maximum atomic E-state index is 2.38. The second-order valence-corrected chi connectivity index (χ2v) is 10.3. The summed E-state index contributed by atoms with van der Waals surface area (Å²) in [5, 5.41) is 4.12. The third kappa shape index (κ3) is 1.94. The van der Waals surface area contributed by atoms with E-state index in [9.17, 15) is 0 Å². The van der Waals surface area contributed by atoms with Gasteiger partial charge in [0.1, 0.15) is 0 Å². The minimum absolute atomic E-state index is 1.34. The average Bonchev–Trinajstić information content (AvgIpc) is 3.45. The average molecular weight is 410 g/mol. The van der Waals surface area contributed by atoms with E-state index in [1.807, 2.05) is 34.0 Å². The van der Waals surface area contributed by atoms with Crippen LogP contribution >= 0.6 is 34.0 Å². The number of rotatable bonds is 1. The van der Waals surface area contributed by atoms with Gasteiger partial charge in [-0.2, -0.15) is 0 Å². The van der Waals surface area contributed by atoms with Crippen molar-refractivity contribution < 1.29 is 0 Å². The SMILES string of the molecule is c1ccc2sc([C]3c4sc5ccccc5c4-c4c3sc3ccccc43)cc2c1. The van der Waals surface area contributed by atoms with Gasteiger partial charge >= 0.3 is 0 Å². The molecule has 1 aliphatic rings. The predicted octanol–water partition coefficient (Wildman–Crippen LogP) is 8.33. The van der Waals surface area contributed by atoms with Crippen molar-refractivity contribution in [2.45, 2.75) is 0 Å². The van der Waals surface area contributed by atoms with Crippen LogP contribution in [0.15, 0.2) is 78.9 Å². The van der Waals surface area contributed by atoms with Gasteiger partial charge in [-0.25, -0.2) is 0 Å². The molecule has 1 aliphatic carbocycles. The van der Waals surface area contributed by atoms with E-state index in [2.05, 4.69) is 78.9 Å². The monoisotopic (exact) mass is 409 g/mol. The molecule has 0 N–H and O–H groups in total. The Hall–Kier alpha value is -2.46. The highest BCUT2D eigenvalue weighted by Crippen LogP contribution is 2.59. The van der Waals surface area contributed by atoms with Crippen LogP contribution in [-0.4, -0.2) is 0 Å². The van der Waals surface area contributed by atoms with E-state index in [0.29, 0.717) is 0 Å². The lowest BCUT2D eigenvalue weighted by Gasteiger charge is -2.06. The maximum absolute atomic E-state index is 2.38. The van der Waals surface area contributed by atoms with Crippen molar-refractivity contribution in [1.82, 2.24) is 0 Å². The molecule has 0 bridgehead atoms. The molecule has 3 heteroatoms. The molecule has 1 radical (unpaired) electrons. The van der Waals surface area contributed by atoms with Crippen LogP contribution in [0.3, 0.4) is 0 Å². The Morgan fingerprint density at radius 1 is 0.500 bits per heavy atom. The van der Waals surface area contributed by atoms with Crippen molar-refractivity contribution in [3.63, 3.8) is 0 Å². The Morgan fingerprint density at radius 2 is 1.04 bits per heavy atom. The summed E-state index contributed by atoms with van der Waals surface area (Å²) < 4.78 is 4.13. The largest absolute Gasteiger partial charge is 0.139 e. The molecule has 3 heterocycles. The standard InChI is InChI=1S/C25H13S3/c1-4-10-17-14(7-1)13-20(26-17)23-24-21(15-8-2-5-11-18(15)27-24)22-16-9-3-6-12-19(16)28-25(22)23/h1-13H. The lowest BCUT2D eigenvalue weighted by molar-refractivity contribution is 1.44. The molecular formula is C25H13S3. The first-order valence-corrected chi connectivity index (χ1v) is 11.7. The van der Waals surface area contributed by atoms with Gasteiger partial charge in [-0.15, -0.1) is 34.0 Å². The molecule has 0 saturated carbocycles.